The summed E-state index contributed by atoms with van der Waals surface area (Å²) in [5.74, 6) is 0. The number of benzene rings is 1. The molecule has 1 aromatic rings. The first-order valence-electron chi connectivity index (χ1n) is 5.49. The highest BCUT2D eigenvalue weighted by molar-refractivity contribution is 7.89. The molecule has 0 amide bonds. The molecule has 0 fully saturated rings. The Morgan fingerprint density at radius 2 is 2.11 bits per heavy atom. The van der Waals surface area contributed by atoms with Gasteiger partial charge in [0, 0.05) is 18.7 Å². The average Bonchev–Trinajstić information content (AvgIpc) is 2.35. The highest BCUT2D eigenvalue weighted by Crippen LogP contribution is 2.27. The van der Waals surface area contributed by atoms with Gasteiger partial charge >= 0.3 is 0 Å². The minimum Gasteiger partial charge on any atom is -0.378 e. The van der Waals surface area contributed by atoms with Crippen molar-refractivity contribution in [3.05, 3.63) is 28.3 Å². The lowest BCUT2D eigenvalue weighted by atomic mass is 10.2. The summed E-state index contributed by atoms with van der Waals surface area (Å²) in [5, 5.41) is 13.8. The molecule has 0 aliphatic carbocycles. The van der Waals surface area contributed by atoms with E-state index in [1.807, 2.05) is 0 Å². The van der Waals surface area contributed by atoms with E-state index in [9.17, 15) is 18.5 Å². The largest absolute Gasteiger partial charge is 0.378 e. The molecular formula is C10H16N4O4S. The number of nitro groups is 1. The smallest absolute Gasteiger partial charge is 0.293 e. The van der Waals surface area contributed by atoms with E-state index in [0.29, 0.717) is 6.54 Å². The molecule has 0 bridgehead atoms. The molecule has 19 heavy (non-hydrogen) atoms. The molecule has 1 unspecified atom stereocenters. The molecule has 0 radical (unpaired) electrons. The lowest BCUT2D eigenvalue weighted by Gasteiger charge is -2.10. The monoisotopic (exact) mass is 288 g/mol. The van der Waals surface area contributed by atoms with Gasteiger partial charge in [0.25, 0.3) is 5.69 Å². The maximum absolute atomic E-state index is 11.6. The Hall–Kier alpha value is -1.71. The molecule has 0 saturated heterocycles. The van der Waals surface area contributed by atoms with Crippen molar-refractivity contribution in [1.82, 2.24) is 4.72 Å². The summed E-state index contributed by atoms with van der Waals surface area (Å²) >= 11 is 0. The first-order valence-corrected chi connectivity index (χ1v) is 6.97. The zero-order valence-corrected chi connectivity index (χ0v) is 11.4. The zero-order valence-electron chi connectivity index (χ0n) is 10.6. The Bertz CT molecular complexity index is 571. The molecular weight excluding hydrogens is 272 g/mol. The molecule has 0 aromatic heterocycles. The van der Waals surface area contributed by atoms with Crippen molar-refractivity contribution < 1.29 is 13.3 Å². The van der Waals surface area contributed by atoms with Crippen LogP contribution in [0.25, 0.3) is 0 Å². The number of nitrogens with zero attached hydrogens (tertiary/aromatic N) is 1. The Labute approximate surface area is 111 Å². The van der Waals surface area contributed by atoms with Gasteiger partial charge in [-0.15, -0.1) is 0 Å². The minimum absolute atomic E-state index is 0.159. The van der Waals surface area contributed by atoms with E-state index in [0.717, 1.165) is 6.07 Å². The van der Waals surface area contributed by atoms with Crippen LogP contribution in [0.5, 0.6) is 0 Å². The van der Waals surface area contributed by atoms with Crippen LogP contribution in [0.1, 0.15) is 6.92 Å². The fourth-order valence-electron chi connectivity index (χ4n) is 1.37. The van der Waals surface area contributed by atoms with Crippen LogP contribution in [0.3, 0.4) is 0 Å². The van der Waals surface area contributed by atoms with Gasteiger partial charge in [-0.05, 0) is 26.1 Å². The molecule has 106 valence electrons. The quantitative estimate of drug-likeness (QED) is 0.509. The summed E-state index contributed by atoms with van der Waals surface area (Å²) in [6, 6.07) is 3.47. The van der Waals surface area contributed by atoms with E-state index in [1.165, 1.54) is 19.2 Å². The van der Waals surface area contributed by atoms with Crippen molar-refractivity contribution >= 4 is 21.4 Å². The lowest BCUT2D eigenvalue weighted by molar-refractivity contribution is -0.384. The van der Waals surface area contributed by atoms with Crippen molar-refractivity contribution in [1.29, 1.82) is 0 Å². The van der Waals surface area contributed by atoms with E-state index in [2.05, 4.69) is 10.0 Å². The van der Waals surface area contributed by atoms with Crippen molar-refractivity contribution in [2.45, 2.75) is 17.9 Å². The Morgan fingerprint density at radius 1 is 1.47 bits per heavy atom. The number of nitro benzene ring substituents is 1. The van der Waals surface area contributed by atoms with E-state index < -0.39 is 14.9 Å². The number of nitrogens with one attached hydrogen (secondary N) is 2. The van der Waals surface area contributed by atoms with Gasteiger partial charge in [0.1, 0.15) is 5.69 Å². The molecule has 0 aliphatic rings. The van der Waals surface area contributed by atoms with Gasteiger partial charge in [-0.2, -0.15) is 0 Å². The SMILES string of the molecule is CNS(=O)(=O)c1ccc(NCC(C)N)c([N+](=O)[O-])c1. The van der Waals surface area contributed by atoms with E-state index in [1.54, 1.807) is 6.92 Å². The maximum atomic E-state index is 11.6. The molecule has 8 nitrogen and oxygen atoms in total. The minimum atomic E-state index is -3.71. The van der Waals surface area contributed by atoms with Crippen LogP contribution in [-0.2, 0) is 10.0 Å². The summed E-state index contributed by atoms with van der Waals surface area (Å²) in [5.41, 5.74) is 5.47. The number of rotatable bonds is 6. The standard InChI is InChI=1S/C10H16N4O4S/c1-7(11)6-13-9-4-3-8(19(17,18)12-2)5-10(9)14(15)16/h3-5,7,12-13H,6,11H2,1-2H3. The second-order valence-electron chi connectivity index (χ2n) is 4.00. The molecule has 0 spiro atoms. The second-order valence-corrected chi connectivity index (χ2v) is 5.89. The predicted molar refractivity (Wildman–Crippen MR) is 71.5 cm³/mol. The maximum Gasteiger partial charge on any atom is 0.293 e. The number of sulfonamides is 1. The number of hydrogen-bond donors (Lipinski definition) is 3. The van der Waals surface area contributed by atoms with Crippen LogP contribution in [0.15, 0.2) is 23.1 Å². The predicted octanol–water partition coefficient (Wildman–Crippen LogP) is 0.262. The van der Waals surface area contributed by atoms with Gasteiger partial charge < -0.3 is 11.1 Å². The summed E-state index contributed by atoms with van der Waals surface area (Å²) in [7, 11) is -2.47. The van der Waals surface area contributed by atoms with E-state index in [-0.39, 0.29) is 22.3 Å². The van der Waals surface area contributed by atoms with Crippen molar-refractivity contribution in [3.63, 3.8) is 0 Å². The van der Waals surface area contributed by atoms with Crippen LogP contribution in [0.4, 0.5) is 11.4 Å². The van der Waals surface area contributed by atoms with Gasteiger partial charge in [0.15, 0.2) is 0 Å². The third kappa shape index (κ3) is 3.88. The Kier molecular flexibility index (Phi) is 4.81. The van der Waals surface area contributed by atoms with E-state index in [4.69, 9.17) is 5.73 Å². The molecule has 1 rings (SSSR count). The third-order valence-electron chi connectivity index (χ3n) is 2.36. The molecule has 9 heteroatoms. The topological polar surface area (TPSA) is 127 Å². The lowest BCUT2D eigenvalue weighted by Crippen LogP contribution is -2.25. The van der Waals surface area contributed by atoms with Gasteiger partial charge in [0.05, 0.1) is 9.82 Å². The number of anilines is 1. The molecule has 1 aromatic carbocycles. The van der Waals surface area contributed by atoms with Crippen LogP contribution in [0, 0.1) is 10.1 Å². The highest BCUT2D eigenvalue weighted by atomic mass is 32.2. The van der Waals surface area contributed by atoms with Crippen molar-refractivity contribution in [2.75, 3.05) is 18.9 Å². The fraction of sp³-hybridized carbons (Fsp3) is 0.400. The number of hydrogen-bond acceptors (Lipinski definition) is 6. The molecule has 0 saturated carbocycles. The van der Waals surface area contributed by atoms with Gasteiger partial charge in [-0.25, -0.2) is 13.1 Å². The van der Waals surface area contributed by atoms with Crippen LogP contribution in [0.2, 0.25) is 0 Å². The van der Waals surface area contributed by atoms with Gasteiger partial charge in [-0.3, -0.25) is 10.1 Å². The summed E-state index contributed by atoms with van der Waals surface area (Å²) in [4.78, 5) is 10.2. The summed E-state index contributed by atoms with van der Waals surface area (Å²) < 4.78 is 25.3. The fourth-order valence-corrected chi connectivity index (χ4v) is 2.12. The van der Waals surface area contributed by atoms with Crippen LogP contribution < -0.4 is 15.8 Å². The van der Waals surface area contributed by atoms with Gasteiger partial charge in [0.2, 0.25) is 10.0 Å². The van der Waals surface area contributed by atoms with Crippen molar-refractivity contribution in [3.8, 4) is 0 Å². The second kappa shape index (κ2) is 5.95. The Balaban J connectivity index is 3.19. The zero-order chi connectivity index (χ0) is 14.6. The third-order valence-corrected chi connectivity index (χ3v) is 3.77. The average molecular weight is 288 g/mol. The van der Waals surface area contributed by atoms with Crippen molar-refractivity contribution in [2.24, 2.45) is 5.73 Å². The molecule has 1 atom stereocenters. The Morgan fingerprint density at radius 3 is 2.58 bits per heavy atom. The molecule has 4 N–H and O–H groups in total. The first kappa shape index (κ1) is 15.3. The van der Waals surface area contributed by atoms with Crippen LogP contribution >= 0.6 is 0 Å². The van der Waals surface area contributed by atoms with Gasteiger partial charge in [-0.1, -0.05) is 0 Å². The van der Waals surface area contributed by atoms with Crippen LogP contribution in [-0.4, -0.2) is 33.0 Å². The number of nitrogens with two attached hydrogens (primary N) is 1. The summed E-state index contributed by atoms with van der Waals surface area (Å²) in [6.07, 6.45) is 0. The highest BCUT2D eigenvalue weighted by Gasteiger charge is 2.20. The molecule has 0 aliphatic heterocycles. The van der Waals surface area contributed by atoms with E-state index >= 15 is 0 Å². The molecule has 0 heterocycles. The first-order chi connectivity index (χ1) is 8.77. The summed E-state index contributed by atoms with van der Waals surface area (Å²) in [6.45, 7) is 2.09. The normalized spacial score (nSPS) is 13.0.